The molecule has 1 heterocycles. The minimum atomic E-state index is -0.384. The molecule has 18 heavy (non-hydrogen) atoms. The van der Waals surface area contributed by atoms with Gasteiger partial charge in [0.05, 0.1) is 6.54 Å². The van der Waals surface area contributed by atoms with Crippen LogP contribution in [0.2, 0.25) is 0 Å². The van der Waals surface area contributed by atoms with E-state index in [9.17, 15) is 5.11 Å². The molecule has 3 heteroatoms. The summed E-state index contributed by atoms with van der Waals surface area (Å²) in [5.41, 5.74) is 0. The third kappa shape index (κ3) is 5.67. The van der Waals surface area contributed by atoms with Crippen molar-refractivity contribution in [1.82, 2.24) is 4.90 Å². The van der Waals surface area contributed by atoms with Gasteiger partial charge in [0.25, 0.3) is 0 Å². The Labute approximate surface area is 112 Å². The van der Waals surface area contributed by atoms with Crippen molar-refractivity contribution in [3.8, 4) is 0 Å². The smallest absolute Gasteiger partial charge is 0.125 e. The summed E-state index contributed by atoms with van der Waals surface area (Å²) in [6.45, 7) is 5.73. The Bertz CT molecular complexity index is 272. The van der Waals surface area contributed by atoms with Crippen LogP contribution in [0.3, 0.4) is 0 Å². The number of nitrogens with zero attached hydrogens (tertiary/aromatic N) is 2. The standard InChI is InChI=1S/C15H28N2O/c1-3-4-5-6-7-8-9-10-11-15-16-12-13-17(15)14(2)18/h4-5,14,18H,3,6-13H2,1-2H3/b5-4+. The van der Waals surface area contributed by atoms with Gasteiger partial charge in [0.1, 0.15) is 12.1 Å². The molecule has 1 aliphatic rings. The number of hydrogen-bond donors (Lipinski definition) is 1. The van der Waals surface area contributed by atoms with Crippen LogP contribution >= 0.6 is 0 Å². The van der Waals surface area contributed by atoms with Crippen molar-refractivity contribution in [3.63, 3.8) is 0 Å². The van der Waals surface area contributed by atoms with E-state index >= 15 is 0 Å². The van der Waals surface area contributed by atoms with E-state index in [0.29, 0.717) is 0 Å². The molecule has 0 fully saturated rings. The third-order valence-corrected chi connectivity index (χ3v) is 3.34. The van der Waals surface area contributed by atoms with E-state index in [-0.39, 0.29) is 6.23 Å². The summed E-state index contributed by atoms with van der Waals surface area (Å²) in [6, 6.07) is 0. The summed E-state index contributed by atoms with van der Waals surface area (Å²) in [7, 11) is 0. The first-order valence-electron chi connectivity index (χ1n) is 7.38. The van der Waals surface area contributed by atoms with E-state index in [4.69, 9.17) is 0 Å². The second-order valence-electron chi connectivity index (χ2n) is 4.96. The van der Waals surface area contributed by atoms with Gasteiger partial charge in [-0.2, -0.15) is 0 Å². The first kappa shape index (κ1) is 15.2. The van der Waals surface area contributed by atoms with Crippen molar-refractivity contribution in [2.75, 3.05) is 13.1 Å². The zero-order valence-electron chi connectivity index (χ0n) is 11.9. The molecular formula is C15H28N2O. The zero-order chi connectivity index (χ0) is 13.2. The predicted octanol–water partition coefficient (Wildman–Crippen LogP) is 3.35. The van der Waals surface area contributed by atoms with Crippen molar-refractivity contribution in [1.29, 1.82) is 0 Å². The molecule has 1 atom stereocenters. The lowest BCUT2D eigenvalue weighted by molar-refractivity contribution is 0.0766. The van der Waals surface area contributed by atoms with Crippen LogP contribution in [0.25, 0.3) is 0 Å². The molecule has 0 saturated carbocycles. The highest BCUT2D eigenvalue weighted by Gasteiger charge is 2.19. The second-order valence-corrected chi connectivity index (χ2v) is 4.96. The maximum Gasteiger partial charge on any atom is 0.125 e. The summed E-state index contributed by atoms with van der Waals surface area (Å²) >= 11 is 0. The summed E-state index contributed by atoms with van der Waals surface area (Å²) in [5.74, 6) is 1.11. The van der Waals surface area contributed by atoms with Crippen molar-refractivity contribution in [2.24, 2.45) is 4.99 Å². The Balaban J connectivity index is 2.02. The van der Waals surface area contributed by atoms with Crippen LogP contribution in [0, 0.1) is 0 Å². The van der Waals surface area contributed by atoms with Crippen LogP contribution < -0.4 is 0 Å². The summed E-state index contributed by atoms with van der Waals surface area (Å²) in [6.07, 6.45) is 12.6. The van der Waals surface area contributed by atoms with Crippen LogP contribution in [-0.2, 0) is 0 Å². The molecule has 1 rings (SSSR count). The highest BCUT2D eigenvalue weighted by Crippen LogP contribution is 2.13. The maximum absolute atomic E-state index is 9.58. The lowest BCUT2D eigenvalue weighted by Crippen LogP contribution is -2.35. The van der Waals surface area contributed by atoms with Gasteiger partial charge < -0.3 is 10.0 Å². The van der Waals surface area contributed by atoms with Gasteiger partial charge in [0, 0.05) is 13.0 Å². The van der Waals surface area contributed by atoms with Gasteiger partial charge in [0.2, 0.25) is 0 Å². The van der Waals surface area contributed by atoms with Crippen molar-refractivity contribution >= 4 is 5.84 Å². The molecule has 0 aromatic carbocycles. The van der Waals surface area contributed by atoms with E-state index in [2.05, 4.69) is 24.1 Å². The fraction of sp³-hybridized carbons (Fsp3) is 0.800. The molecule has 1 N–H and O–H groups in total. The number of allylic oxidation sites excluding steroid dienone is 2. The number of unbranched alkanes of at least 4 members (excludes halogenated alkanes) is 4. The SMILES string of the molecule is CC/C=C/CCCCCCC1=NCCN1C(C)O. The van der Waals surface area contributed by atoms with E-state index in [1.807, 2.05) is 11.8 Å². The monoisotopic (exact) mass is 252 g/mol. The lowest BCUT2D eigenvalue weighted by Gasteiger charge is -2.23. The van der Waals surface area contributed by atoms with Gasteiger partial charge in [-0.25, -0.2) is 0 Å². The molecule has 0 bridgehead atoms. The number of rotatable bonds is 9. The molecule has 0 amide bonds. The van der Waals surface area contributed by atoms with Crippen LogP contribution in [0.5, 0.6) is 0 Å². The fourth-order valence-electron chi connectivity index (χ4n) is 2.32. The van der Waals surface area contributed by atoms with E-state index in [1.54, 1.807) is 0 Å². The number of amidine groups is 1. The zero-order valence-corrected chi connectivity index (χ0v) is 11.9. The van der Waals surface area contributed by atoms with Crippen molar-refractivity contribution in [2.45, 2.75) is 65.0 Å². The normalized spacial score (nSPS) is 17.5. The summed E-state index contributed by atoms with van der Waals surface area (Å²) in [5, 5.41) is 9.58. The number of aliphatic hydroxyl groups is 1. The molecular weight excluding hydrogens is 224 g/mol. The molecule has 1 unspecified atom stereocenters. The largest absolute Gasteiger partial charge is 0.374 e. The van der Waals surface area contributed by atoms with Gasteiger partial charge in [0.15, 0.2) is 0 Å². The van der Waals surface area contributed by atoms with Gasteiger partial charge >= 0.3 is 0 Å². The lowest BCUT2D eigenvalue weighted by atomic mass is 10.1. The van der Waals surface area contributed by atoms with Crippen LogP contribution in [-0.4, -0.2) is 35.2 Å². The Kier molecular flexibility index (Phi) is 7.74. The van der Waals surface area contributed by atoms with Crippen molar-refractivity contribution in [3.05, 3.63) is 12.2 Å². The van der Waals surface area contributed by atoms with Gasteiger partial charge in [-0.1, -0.05) is 31.9 Å². The third-order valence-electron chi connectivity index (χ3n) is 3.34. The van der Waals surface area contributed by atoms with Gasteiger partial charge in [-0.15, -0.1) is 0 Å². The van der Waals surface area contributed by atoms with Crippen LogP contribution in [0.1, 0.15) is 58.8 Å². The Morgan fingerprint density at radius 1 is 1.28 bits per heavy atom. The first-order chi connectivity index (χ1) is 8.75. The minimum Gasteiger partial charge on any atom is -0.374 e. The quantitative estimate of drug-likeness (QED) is 0.504. The predicted molar refractivity (Wildman–Crippen MR) is 77.8 cm³/mol. The molecule has 104 valence electrons. The Morgan fingerprint density at radius 2 is 2.06 bits per heavy atom. The first-order valence-corrected chi connectivity index (χ1v) is 7.38. The van der Waals surface area contributed by atoms with Crippen LogP contribution in [0.15, 0.2) is 17.1 Å². The molecule has 3 nitrogen and oxygen atoms in total. The molecule has 0 aromatic rings. The summed E-state index contributed by atoms with van der Waals surface area (Å²) < 4.78 is 0. The van der Waals surface area contributed by atoms with Gasteiger partial charge in [-0.3, -0.25) is 4.99 Å². The highest BCUT2D eigenvalue weighted by atomic mass is 16.3. The average Bonchev–Trinajstić information content (AvgIpc) is 2.81. The fourth-order valence-corrected chi connectivity index (χ4v) is 2.32. The molecule has 1 aliphatic heterocycles. The topological polar surface area (TPSA) is 35.8 Å². The number of aliphatic imine (C=N–C) groups is 1. The average molecular weight is 252 g/mol. The molecule has 0 saturated heterocycles. The minimum absolute atomic E-state index is 0.384. The van der Waals surface area contributed by atoms with Gasteiger partial charge in [-0.05, 0) is 32.6 Å². The Hall–Kier alpha value is -0.830. The molecule has 0 radical (unpaired) electrons. The molecule has 0 aliphatic carbocycles. The highest BCUT2D eigenvalue weighted by molar-refractivity contribution is 5.83. The molecule has 0 spiro atoms. The Morgan fingerprint density at radius 3 is 2.78 bits per heavy atom. The van der Waals surface area contributed by atoms with E-state index in [0.717, 1.165) is 31.8 Å². The van der Waals surface area contributed by atoms with Crippen molar-refractivity contribution < 1.29 is 5.11 Å². The van der Waals surface area contributed by atoms with E-state index < -0.39 is 0 Å². The maximum atomic E-state index is 9.58. The second kappa shape index (κ2) is 9.15. The molecule has 0 aromatic heterocycles. The van der Waals surface area contributed by atoms with E-state index in [1.165, 1.54) is 32.1 Å². The summed E-state index contributed by atoms with van der Waals surface area (Å²) in [4.78, 5) is 6.49. The number of hydrogen-bond acceptors (Lipinski definition) is 3. The number of aliphatic hydroxyl groups excluding tert-OH is 1. The van der Waals surface area contributed by atoms with Crippen LogP contribution in [0.4, 0.5) is 0 Å².